The second kappa shape index (κ2) is 6.97. The molecule has 0 saturated carbocycles. The number of alkyl halides is 1. The highest BCUT2D eigenvalue weighted by molar-refractivity contribution is 9.10. The van der Waals surface area contributed by atoms with E-state index in [9.17, 15) is 9.18 Å². The molecule has 0 heterocycles. The third-order valence-corrected chi connectivity index (χ3v) is 3.31. The summed E-state index contributed by atoms with van der Waals surface area (Å²) < 4.78 is 13.9. The van der Waals surface area contributed by atoms with Gasteiger partial charge in [-0.25, -0.2) is 4.39 Å². The number of carbonyl (C=O) groups is 1. The summed E-state index contributed by atoms with van der Waals surface area (Å²) in [5.41, 5.74) is 0.0212. The van der Waals surface area contributed by atoms with Gasteiger partial charge in [-0.15, -0.1) is 11.6 Å². The molecule has 0 radical (unpaired) electrons. The predicted molar refractivity (Wildman–Crippen MR) is 71.0 cm³/mol. The van der Waals surface area contributed by atoms with Crippen LogP contribution >= 0.6 is 27.5 Å². The molecule has 1 rings (SSSR count). The van der Waals surface area contributed by atoms with Gasteiger partial charge in [0.15, 0.2) is 0 Å². The zero-order valence-electron chi connectivity index (χ0n) is 9.47. The standard InChI is InChI=1S/C12H14BrClFNO/c1-2-4-8(14)7-16-12(17)11-9(13)5-3-6-10(11)15/h3,5-6,8H,2,4,7H2,1H3,(H,16,17). The predicted octanol–water partition coefficient (Wildman–Crippen LogP) is 3.73. The quantitative estimate of drug-likeness (QED) is 0.822. The minimum absolute atomic E-state index is 0.0212. The first-order valence-electron chi connectivity index (χ1n) is 5.42. The van der Waals surface area contributed by atoms with Crippen molar-refractivity contribution in [2.75, 3.05) is 6.54 Å². The number of amides is 1. The molecule has 0 aliphatic rings. The van der Waals surface area contributed by atoms with E-state index in [1.54, 1.807) is 6.07 Å². The molecule has 1 aromatic carbocycles. The van der Waals surface area contributed by atoms with Crippen molar-refractivity contribution in [3.05, 3.63) is 34.1 Å². The Bertz CT molecular complexity index is 380. The lowest BCUT2D eigenvalue weighted by Crippen LogP contribution is -2.30. The van der Waals surface area contributed by atoms with Gasteiger partial charge in [-0.05, 0) is 34.5 Å². The number of benzene rings is 1. The Morgan fingerprint density at radius 2 is 2.29 bits per heavy atom. The Morgan fingerprint density at radius 1 is 1.59 bits per heavy atom. The van der Waals surface area contributed by atoms with Crippen LogP contribution in [-0.4, -0.2) is 17.8 Å². The number of hydrogen-bond acceptors (Lipinski definition) is 1. The van der Waals surface area contributed by atoms with Gasteiger partial charge in [0, 0.05) is 11.0 Å². The number of hydrogen-bond donors (Lipinski definition) is 1. The maximum atomic E-state index is 13.4. The van der Waals surface area contributed by atoms with E-state index in [1.165, 1.54) is 12.1 Å². The summed E-state index contributed by atoms with van der Waals surface area (Å²) in [4.78, 5) is 11.8. The Kier molecular flexibility index (Phi) is 5.92. The second-order valence-corrected chi connectivity index (χ2v) is 5.16. The maximum Gasteiger partial charge on any atom is 0.255 e. The van der Waals surface area contributed by atoms with Crippen molar-refractivity contribution in [1.82, 2.24) is 5.32 Å². The molecule has 0 saturated heterocycles. The molecule has 5 heteroatoms. The highest BCUT2D eigenvalue weighted by Gasteiger charge is 2.15. The van der Waals surface area contributed by atoms with Crippen molar-refractivity contribution in [1.29, 1.82) is 0 Å². The van der Waals surface area contributed by atoms with Crippen LogP contribution in [0.25, 0.3) is 0 Å². The van der Waals surface area contributed by atoms with Crippen LogP contribution in [0.4, 0.5) is 4.39 Å². The number of halogens is 3. The van der Waals surface area contributed by atoms with Crippen molar-refractivity contribution in [2.24, 2.45) is 0 Å². The molecule has 0 aliphatic heterocycles. The smallest absolute Gasteiger partial charge is 0.255 e. The molecular weight excluding hydrogens is 308 g/mol. The van der Waals surface area contributed by atoms with Crippen molar-refractivity contribution < 1.29 is 9.18 Å². The first-order chi connectivity index (χ1) is 8.06. The highest BCUT2D eigenvalue weighted by Crippen LogP contribution is 2.19. The molecule has 1 N–H and O–H groups in total. The SMILES string of the molecule is CCCC(Cl)CNC(=O)c1c(F)cccc1Br. The Labute approximate surface area is 114 Å². The van der Waals surface area contributed by atoms with Gasteiger partial charge in [-0.1, -0.05) is 19.4 Å². The van der Waals surface area contributed by atoms with Crippen LogP contribution in [0, 0.1) is 5.82 Å². The molecule has 1 unspecified atom stereocenters. The molecule has 0 bridgehead atoms. The summed E-state index contributed by atoms with van der Waals surface area (Å²) in [6.07, 6.45) is 1.77. The second-order valence-electron chi connectivity index (χ2n) is 3.69. The number of rotatable bonds is 5. The van der Waals surface area contributed by atoms with Crippen molar-refractivity contribution in [3.63, 3.8) is 0 Å². The van der Waals surface area contributed by atoms with E-state index in [4.69, 9.17) is 11.6 Å². The van der Waals surface area contributed by atoms with Crippen LogP contribution in [0.1, 0.15) is 30.1 Å². The summed E-state index contributed by atoms with van der Waals surface area (Å²) in [5, 5.41) is 2.51. The van der Waals surface area contributed by atoms with E-state index in [0.717, 1.165) is 12.8 Å². The molecule has 2 nitrogen and oxygen atoms in total. The first kappa shape index (κ1) is 14.5. The molecule has 0 aliphatic carbocycles. The average Bonchev–Trinajstić information content (AvgIpc) is 2.26. The summed E-state index contributed by atoms with van der Waals surface area (Å²) in [6.45, 7) is 2.36. The monoisotopic (exact) mass is 321 g/mol. The first-order valence-corrected chi connectivity index (χ1v) is 6.65. The number of carbonyl (C=O) groups excluding carboxylic acids is 1. The Hall–Kier alpha value is -0.610. The highest BCUT2D eigenvalue weighted by atomic mass is 79.9. The third kappa shape index (κ3) is 4.28. The summed E-state index contributed by atoms with van der Waals surface area (Å²) in [7, 11) is 0. The van der Waals surface area contributed by atoms with Crippen LogP contribution in [0.3, 0.4) is 0 Å². The van der Waals surface area contributed by atoms with Gasteiger partial charge in [-0.2, -0.15) is 0 Å². The lowest BCUT2D eigenvalue weighted by Gasteiger charge is -2.11. The van der Waals surface area contributed by atoms with Gasteiger partial charge in [0.1, 0.15) is 5.82 Å². The molecule has 94 valence electrons. The van der Waals surface area contributed by atoms with Gasteiger partial charge < -0.3 is 5.32 Å². The summed E-state index contributed by atoms with van der Waals surface area (Å²) in [5.74, 6) is -0.991. The minimum Gasteiger partial charge on any atom is -0.350 e. The lowest BCUT2D eigenvalue weighted by atomic mass is 10.2. The molecule has 17 heavy (non-hydrogen) atoms. The van der Waals surface area contributed by atoms with E-state index in [1.807, 2.05) is 6.92 Å². The molecule has 1 atom stereocenters. The fourth-order valence-electron chi connectivity index (χ4n) is 1.42. The van der Waals surface area contributed by atoms with Crippen molar-refractivity contribution in [3.8, 4) is 0 Å². The van der Waals surface area contributed by atoms with E-state index >= 15 is 0 Å². The molecule has 0 spiro atoms. The van der Waals surface area contributed by atoms with Crippen LogP contribution < -0.4 is 5.32 Å². The topological polar surface area (TPSA) is 29.1 Å². The maximum absolute atomic E-state index is 13.4. The van der Waals surface area contributed by atoms with Gasteiger partial charge in [0.2, 0.25) is 0 Å². The normalized spacial score (nSPS) is 12.2. The molecule has 1 aromatic rings. The molecular formula is C12H14BrClFNO. The van der Waals surface area contributed by atoms with Crippen LogP contribution in [0.5, 0.6) is 0 Å². The van der Waals surface area contributed by atoms with E-state index in [-0.39, 0.29) is 10.9 Å². The Morgan fingerprint density at radius 3 is 2.88 bits per heavy atom. The fraction of sp³-hybridized carbons (Fsp3) is 0.417. The zero-order chi connectivity index (χ0) is 12.8. The van der Waals surface area contributed by atoms with Crippen LogP contribution in [0.2, 0.25) is 0 Å². The average molecular weight is 323 g/mol. The van der Waals surface area contributed by atoms with Gasteiger partial charge in [-0.3, -0.25) is 4.79 Å². The fourth-order valence-corrected chi connectivity index (χ4v) is 2.24. The summed E-state index contributed by atoms with van der Waals surface area (Å²) in [6, 6.07) is 4.42. The van der Waals surface area contributed by atoms with Crippen molar-refractivity contribution >= 4 is 33.4 Å². The van der Waals surface area contributed by atoms with Gasteiger partial charge >= 0.3 is 0 Å². The van der Waals surface area contributed by atoms with E-state index in [2.05, 4.69) is 21.2 Å². The third-order valence-electron chi connectivity index (χ3n) is 2.28. The van der Waals surface area contributed by atoms with E-state index in [0.29, 0.717) is 11.0 Å². The minimum atomic E-state index is -0.543. The van der Waals surface area contributed by atoms with Gasteiger partial charge in [0.05, 0.1) is 10.9 Å². The zero-order valence-corrected chi connectivity index (χ0v) is 11.8. The molecule has 0 aromatic heterocycles. The summed E-state index contributed by atoms with van der Waals surface area (Å²) >= 11 is 9.12. The van der Waals surface area contributed by atoms with Gasteiger partial charge in [0.25, 0.3) is 5.91 Å². The molecule has 1 amide bonds. The van der Waals surface area contributed by atoms with Crippen LogP contribution in [0.15, 0.2) is 22.7 Å². The van der Waals surface area contributed by atoms with E-state index < -0.39 is 11.7 Å². The molecule has 0 fully saturated rings. The van der Waals surface area contributed by atoms with Crippen molar-refractivity contribution in [2.45, 2.75) is 25.1 Å². The Balaban J connectivity index is 2.64. The largest absolute Gasteiger partial charge is 0.350 e. The number of nitrogens with one attached hydrogen (secondary N) is 1. The van der Waals surface area contributed by atoms with Crippen LogP contribution in [-0.2, 0) is 0 Å². The lowest BCUT2D eigenvalue weighted by molar-refractivity contribution is 0.0948.